The van der Waals surface area contributed by atoms with E-state index in [0.29, 0.717) is 11.6 Å². The van der Waals surface area contributed by atoms with Gasteiger partial charge < -0.3 is 14.2 Å². The Labute approximate surface area is 106 Å². The molecule has 0 radical (unpaired) electrons. The Bertz CT molecular complexity index is 452. The maximum atomic E-state index is 6.09. The normalized spacial score (nSPS) is 24.1. The Hall–Kier alpha value is -0.930. The van der Waals surface area contributed by atoms with Crippen LogP contribution in [0.1, 0.15) is 19.4 Å². The molecule has 4 heteroatoms. The molecule has 0 bridgehead atoms. The third-order valence-electron chi connectivity index (χ3n) is 2.92. The zero-order valence-electron chi connectivity index (χ0n) is 9.96. The molecular weight excluding hydrogens is 240 g/mol. The summed E-state index contributed by atoms with van der Waals surface area (Å²) in [5.74, 6) is 1.56. The first-order chi connectivity index (χ1) is 8.03. The predicted molar refractivity (Wildman–Crippen MR) is 65.1 cm³/mol. The van der Waals surface area contributed by atoms with Crippen LogP contribution in [0.25, 0.3) is 0 Å². The van der Waals surface area contributed by atoms with Crippen LogP contribution in [0, 0.1) is 0 Å². The Morgan fingerprint density at radius 2 is 2.24 bits per heavy atom. The van der Waals surface area contributed by atoms with Gasteiger partial charge in [0.25, 0.3) is 0 Å². The Kier molecular flexibility index (Phi) is 2.49. The third kappa shape index (κ3) is 2.35. The third-order valence-corrected chi connectivity index (χ3v) is 3.14. The van der Waals surface area contributed by atoms with E-state index < -0.39 is 0 Å². The van der Waals surface area contributed by atoms with Crippen molar-refractivity contribution in [3.8, 4) is 11.5 Å². The molecule has 1 atom stereocenters. The zero-order valence-corrected chi connectivity index (χ0v) is 10.7. The molecule has 3 nitrogen and oxygen atoms in total. The smallest absolute Gasteiger partial charge is 0.165 e. The first-order valence-corrected chi connectivity index (χ1v) is 6.17. The van der Waals surface area contributed by atoms with Crippen molar-refractivity contribution in [2.75, 3.05) is 13.2 Å². The van der Waals surface area contributed by atoms with Gasteiger partial charge in [0.2, 0.25) is 0 Å². The van der Waals surface area contributed by atoms with Crippen molar-refractivity contribution in [2.45, 2.75) is 32.0 Å². The quantitative estimate of drug-likeness (QED) is 0.778. The summed E-state index contributed by atoms with van der Waals surface area (Å²) < 4.78 is 16.7. The van der Waals surface area contributed by atoms with Gasteiger partial charge in [-0.25, -0.2) is 0 Å². The van der Waals surface area contributed by atoms with Gasteiger partial charge in [-0.1, -0.05) is 11.6 Å². The summed E-state index contributed by atoms with van der Waals surface area (Å²) in [7, 11) is 0. The largest absolute Gasteiger partial charge is 0.487 e. The highest BCUT2D eigenvalue weighted by molar-refractivity contribution is 6.30. The summed E-state index contributed by atoms with van der Waals surface area (Å²) in [5, 5.41) is 0.691. The molecule has 1 fully saturated rings. The van der Waals surface area contributed by atoms with Crippen LogP contribution in [0.2, 0.25) is 5.02 Å². The summed E-state index contributed by atoms with van der Waals surface area (Å²) in [5.41, 5.74) is 0.940. The van der Waals surface area contributed by atoms with Crippen molar-refractivity contribution in [1.29, 1.82) is 0 Å². The van der Waals surface area contributed by atoms with E-state index in [2.05, 4.69) is 13.8 Å². The van der Waals surface area contributed by atoms with Gasteiger partial charge in [-0.15, -0.1) is 0 Å². The van der Waals surface area contributed by atoms with Crippen LogP contribution in [0.5, 0.6) is 11.5 Å². The highest BCUT2D eigenvalue weighted by Gasteiger charge is 2.33. The lowest BCUT2D eigenvalue weighted by molar-refractivity contribution is 0.131. The number of hydrogen-bond donors (Lipinski definition) is 0. The first-order valence-electron chi connectivity index (χ1n) is 5.79. The van der Waals surface area contributed by atoms with E-state index in [9.17, 15) is 0 Å². The minimum absolute atomic E-state index is 0.179. The lowest BCUT2D eigenvalue weighted by atomic mass is 10.0. The fourth-order valence-electron chi connectivity index (χ4n) is 2.10. The van der Waals surface area contributed by atoms with Crippen LogP contribution < -0.4 is 9.47 Å². The fourth-order valence-corrected chi connectivity index (χ4v) is 2.33. The summed E-state index contributed by atoms with van der Waals surface area (Å²) in [4.78, 5) is 0. The van der Waals surface area contributed by atoms with E-state index in [4.69, 9.17) is 25.8 Å². The van der Waals surface area contributed by atoms with Crippen molar-refractivity contribution in [2.24, 2.45) is 0 Å². The minimum atomic E-state index is -0.179. The summed E-state index contributed by atoms with van der Waals surface area (Å²) in [6.07, 6.45) is 1.10. The highest BCUT2D eigenvalue weighted by atomic mass is 35.5. The molecule has 0 spiro atoms. The van der Waals surface area contributed by atoms with Gasteiger partial charge >= 0.3 is 0 Å². The molecule has 1 saturated heterocycles. The second-order valence-corrected chi connectivity index (χ2v) is 5.63. The standard InChI is InChI=1S/C13H15ClO3/c1-13(2)5-8-3-9(14)4-11(12(8)17-13)16-7-10-6-15-10/h3-4,10H,5-7H2,1-2H3. The number of ether oxygens (including phenoxy) is 3. The van der Waals surface area contributed by atoms with Gasteiger partial charge in [0.15, 0.2) is 11.5 Å². The van der Waals surface area contributed by atoms with E-state index in [1.807, 2.05) is 12.1 Å². The molecule has 2 aliphatic heterocycles. The molecule has 17 heavy (non-hydrogen) atoms. The van der Waals surface area contributed by atoms with E-state index >= 15 is 0 Å². The molecule has 1 unspecified atom stereocenters. The Morgan fingerprint density at radius 3 is 2.94 bits per heavy atom. The molecule has 1 aromatic carbocycles. The minimum Gasteiger partial charge on any atom is -0.487 e. The summed E-state index contributed by atoms with van der Waals surface area (Å²) in [6.45, 7) is 5.48. The molecule has 2 aliphatic rings. The average Bonchev–Trinajstić information content (AvgIpc) is 2.97. The lowest BCUT2D eigenvalue weighted by Crippen LogP contribution is -2.24. The topological polar surface area (TPSA) is 31.0 Å². The number of halogens is 1. The van der Waals surface area contributed by atoms with Crippen LogP contribution in [-0.4, -0.2) is 24.9 Å². The maximum absolute atomic E-state index is 6.09. The van der Waals surface area contributed by atoms with Crippen LogP contribution in [0.4, 0.5) is 0 Å². The van der Waals surface area contributed by atoms with Gasteiger partial charge in [0, 0.05) is 23.1 Å². The number of benzene rings is 1. The molecule has 0 saturated carbocycles. The Balaban J connectivity index is 1.87. The van der Waals surface area contributed by atoms with Crippen LogP contribution >= 0.6 is 11.6 Å². The van der Waals surface area contributed by atoms with Crippen molar-refractivity contribution >= 4 is 11.6 Å². The molecule has 0 amide bonds. The van der Waals surface area contributed by atoms with Crippen molar-refractivity contribution in [3.05, 3.63) is 22.7 Å². The van der Waals surface area contributed by atoms with E-state index in [1.54, 1.807) is 0 Å². The predicted octanol–water partition coefficient (Wildman–Crippen LogP) is 2.83. The van der Waals surface area contributed by atoms with Crippen molar-refractivity contribution in [1.82, 2.24) is 0 Å². The van der Waals surface area contributed by atoms with Crippen LogP contribution in [-0.2, 0) is 11.2 Å². The van der Waals surface area contributed by atoms with Crippen LogP contribution in [0.15, 0.2) is 12.1 Å². The SMILES string of the molecule is CC1(C)Cc2cc(Cl)cc(OCC3CO3)c2O1. The van der Waals surface area contributed by atoms with Crippen molar-refractivity contribution in [3.63, 3.8) is 0 Å². The number of epoxide rings is 1. The first kappa shape index (κ1) is 11.2. The summed E-state index contributed by atoms with van der Waals surface area (Å²) in [6, 6.07) is 3.76. The lowest BCUT2D eigenvalue weighted by Gasteiger charge is -2.18. The van der Waals surface area contributed by atoms with Gasteiger partial charge in [-0.3, -0.25) is 0 Å². The second kappa shape index (κ2) is 3.79. The molecular formula is C13H15ClO3. The van der Waals surface area contributed by atoms with Gasteiger partial charge in [0.1, 0.15) is 18.3 Å². The van der Waals surface area contributed by atoms with Gasteiger partial charge in [0.05, 0.1) is 6.61 Å². The van der Waals surface area contributed by atoms with Gasteiger partial charge in [-0.2, -0.15) is 0 Å². The fraction of sp³-hybridized carbons (Fsp3) is 0.538. The van der Waals surface area contributed by atoms with Crippen LogP contribution in [0.3, 0.4) is 0 Å². The number of rotatable bonds is 3. The molecule has 0 aliphatic carbocycles. The number of fused-ring (bicyclic) bond motifs is 1. The second-order valence-electron chi connectivity index (χ2n) is 5.20. The number of hydrogen-bond acceptors (Lipinski definition) is 3. The molecule has 92 valence electrons. The zero-order chi connectivity index (χ0) is 12.0. The van der Waals surface area contributed by atoms with Crippen molar-refractivity contribution < 1.29 is 14.2 Å². The monoisotopic (exact) mass is 254 g/mol. The molecule has 0 aromatic heterocycles. The van der Waals surface area contributed by atoms with Gasteiger partial charge in [-0.05, 0) is 19.9 Å². The highest BCUT2D eigenvalue weighted by Crippen LogP contribution is 2.43. The summed E-state index contributed by atoms with van der Waals surface area (Å²) >= 11 is 6.09. The molecule has 1 aromatic rings. The average molecular weight is 255 g/mol. The Morgan fingerprint density at radius 1 is 1.47 bits per heavy atom. The van der Waals surface area contributed by atoms with E-state index in [1.165, 1.54) is 0 Å². The molecule has 0 N–H and O–H groups in total. The van der Waals surface area contributed by atoms with E-state index in [0.717, 1.165) is 30.1 Å². The molecule has 2 heterocycles. The van der Waals surface area contributed by atoms with E-state index in [-0.39, 0.29) is 11.7 Å². The molecule has 3 rings (SSSR count). The maximum Gasteiger partial charge on any atom is 0.165 e.